The molecule has 3 fully saturated rings. The van der Waals surface area contributed by atoms with Crippen molar-refractivity contribution in [1.82, 2.24) is 0 Å². The van der Waals surface area contributed by atoms with E-state index in [0.717, 1.165) is 61.2 Å². The Kier molecular flexibility index (Phi) is 12.6. The zero-order valence-corrected chi connectivity index (χ0v) is 31.5. The molecule has 10 atom stereocenters. The summed E-state index contributed by atoms with van der Waals surface area (Å²) in [6.45, 7) is 15.1. The number of nitrogens with zero attached hydrogens (tertiary/aromatic N) is 1. The first kappa shape index (κ1) is 37.9. The summed E-state index contributed by atoms with van der Waals surface area (Å²) in [6, 6.07) is 0. The second-order valence-corrected chi connectivity index (χ2v) is 18.6. The number of likely N-dealkylation sites (N-methyl/N-ethyl adjacent to an activating group) is 1. The number of ether oxygens (including phenoxy) is 2. The van der Waals surface area contributed by atoms with Crippen LogP contribution in [0, 0.1) is 52.3 Å². The summed E-state index contributed by atoms with van der Waals surface area (Å²) in [5, 5.41) is 0. The summed E-state index contributed by atoms with van der Waals surface area (Å²) >= 11 is 0. The second-order valence-electron chi connectivity index (χ2n) is 17.2. The van der Waals surface area contributed by atoms with E-state index in [-0.39, 0.29) is 31.3 Å². The standard InChI is InChI=1S/C37H66NO7P/c1-10-28(26(2)3)12-11-27(4)32-15-16-33-31-14-13-29-25-30(17-19-36(29,5)34(31)18-20-37(32,33)6)45-35(39)42-23-24-44-46(40,41)43-22-21-38(7,8)9/h13,26-28,30-34H,10-12,14-25H2,1-9H3/p+1/t27-,28-,30+,31+,32-,33+,34+,36+,37-/m1/s1. The molecule has 0 aromatic rings. The largest absolute Gasteiger partial charge is 0.508 e. The molecular weight excluding hydrogens is 601 g/mol. The van der Waals surface area contributed by atoms with Crippen molar-refractivity contribution in [3.63, 3.8) is 0 Å². The van der Waals surface area contributed by atoms with Gasteiger partial charge in [0.2, 0.25) is 0 Å². The third-order valence-corrected chi connectivity index (χ3v) is 14.1. The van der Waals surface area contributed by atoms with E-state index in [2.05, 4.69) is 47.6 Å². The van der Waals surface area contributed by atoms with Crippen LogP contribution in [0.4, 0.5) is 4.79 Å². The van der Waals surface area contributed by atoms with Crippen LogP contribution in [0.15, 0.2) is 11.6 Å². The number of carbonyl (C=O) groups excluding carboxylic acids is 1. The van der Waals surface area contributed by atoms with Crippen LogP contribution in [0.25, 0.3) is 0 Å². The van der Waals surface area contributed by atoms with E-state index < -0.39 is 14.0 Å². The number of allylic oxidation sites excluding steroid dienone is 1. The molecule has 0 spiro atoms. The number of carbonyl (C=O) groups is 1. The fourth-order valence-corrected chi connectivity index (χ4v) is 11.0. The molecule has 4 aliphatic rings. The summed E-state index contributed by atoms with van der Waals surface area (Å²) in [5.74, 6) is 5.61. The Morgan fingerprint density at radius 1 is 1.00 bits per heavy atom. The lowest BCUT2D eigenvalue weighted by Gasteiger charge is -2.58. The lowest BCUT2D eigenvalue weighted by atomic mass is 9.47. The van der Waals surface area contributed by atoms with E-state index in [1.54, 1.807) is 0 Å². The lowest BCUT2D eigenvalue weighted by molar-refractivity contribution is -0.870. The van der Waals surface area contributed by atoms with Gasteiger partial charge in [0, 0.05) is 6.42 Å². The van der Waals surface area contributed by atoms with Crippen LogP contribution in [0.5, 0.6) is 0 Å². The van der Waals surface area contributed by atoms with Crippen LogP contribution in [-0.4, -0.2) is 69.1 Å². The maximum absolute atomic E-state index is 12.5. The molecule has 0 bridgehead atoms. The maximum Gasteiger partial charge on any atom is 0.508 e. The van der Waals surface area contributed by atoms with E-state index in [4.69, 9.17) is 18.5 Å². The highest BCUT2D eigenvalue weighted by Gasteiger charge is 2.59. The molecule has 0 amide bonds. The normalized spacial score (nSPS) is 35.3. The Hall–Kier alpha value is -0.920. The SMILES string of the molecule is CC[C@H](CC[C@@H](C)[C@H]1CC[C@H]2[C@@H]3CC=C4C[C@@H](OC(=O)OCCOP(=O)(O)OCC[N+](C)(C)C)CC[C@]4(C)[C@H]3CC[C@]12C)C(C)C. The Labute approximate surface area is 280 Å². The van der Waals surface area contributed by atoms with Gasteiger partial charge in [-0.25, -0.2) is 9.36 Å². The zero-order valence-electron chi connectivity index (χ0n) is 30.6. The minimum atomic E-state index is -4.19. The van der Waals surface area contributed by atoms with Crippen molar-refractivity contribution in [2.24, 2.45) is 52.3 Å². The number of phosphoric acid groups is 1. The number of fused-ring (bicyclic) bond motifs is 5. The van der Waals surface area contributed by atoms with E-state index in [0.29, 0.717) is 22.4 Å². The molecule has 0 aliphatic heterocycles. The highest BCUT2D eigenvalue weighted by atomic mass is 31.2. The number of quaternary nitrogens is 1. The van der Waals surface area contributed by atoms with Crippen LogP contribution < -0.4 is 0 Å². The molecule has 0 aromatic heterocycles. The molecule has 0 radical (unpaired) electrons. The van der Waals surface area contributed by atoms with Crippen molar-refractivity contribution in [2.75, 3.05) is 47.5 Å². The Morgan fingerprint density at radius 3 is 2.39 bits per heavy atom. The molecule has 46 heavy (non-hydrogen) atoms. The molecule has 0 heterocycles. The Balaban J connectivity index is 1.26. The fraction of sp³-hybridized carbons (Fsp3) is 0.919. The van der Waals surface area contributed by atoms with Crippen molar-refractivity contribution in [1.29, 1.82) is 0 Å². The van der Waals surface area contributed by atoms with Gasteiger partial charge >= 0.3 is 14.0 Å². The predicted molar refractivity (Wildman–Crippen MR) is 183 cm³/mol. The first-order chi connectivity index (χ1) is 21.5. The fourth-order valence-electron chi connectivity index (χ4n) is 10.3. The number of phosphoric ester groups is 1. The molecule has 0 aromatic carbocycles. The molecule has 1 unspecified atom stereocenters. The van der Waals surface area contributed by atoms with E-state index in [9.17, 15) is 14.3 Å². The van der Waals surface area contributed by atoms with Crippen LogP contribution in [0.3, 0.4) is 0 Å². The molecule has 9 heteroatoms. The summed E-state index contributed by atoms with van der Waals surface area (Å²) in [6.07, 6.45) is 14.9. The van der Waals surface area contributed by atoms with Crippen LogP contribution >= 0.6 is 7.82 Å². The topological polar surface area (TPSA) is 91.3 Å². The van der Waals surface area contributed by atoms with Gasteiger partial charge < -0.3 is 18.9 Å². The molecule has 266 valence electrons. The quantitative estimate of drug-likeness (QED) is 0.0612. The molecule has 4 rings (SSSR count). The predicted octanol–water partition coefficient (Wildman–Crippen LogP) is 9.03. The van der Waals surface area contributed by atoms with Crippen molar-refractivity contribution in [3.05, 3.63) is 11.6 Å². The summed E-state index contributed by atoms with van der Waals surface area (Å²) in [5.41, 5.74) is 2.13. The summed E-state index contributed by atoms with van der Waals surface area (Å²) < 4.78 is 33.5. The van der Waals surface area contributed by atoms with Crippen LogP contribution in [0.2, 0.25) is 0 Å². The average molecular weight is 669 g/mol. The third-order valence-electron chi connectivity index (χ3n) is 13.1. The van der Waals surface area contributed by atoms with Gasteiger partial charge in [-0.15, -0.1) is 0 Å². The monoisotopic (exact) mass is 668 g/mol. The molecule has 3 saturated carbocycles. The maximum atomic E-state index is 12.5. The van der Waals surface area contributed by atoms with Gasteiger partial charge in [-0.2, -0.15) is 0 Å². The van der Waals surface area contributed by atoms with Gasteiger partial charge in [0.1, 0.15) is 25.9 Å². The zero-order chi connectivity index (χ0) is 33.9. The second kappa shape index (κ2) is 15.3. The van der Waals surface area contributed by atoms with Crippen LogP contribution in [0.1, 0.15) is 112 Å². The Morgan fingerprint density at radius 2 is 1.72 bits per heavy atom. The van der Waals surface area contributed by atoms with Crippen molar-refractivity contribution in [3.8, 4) is 0 Å². The molecule has 1 N–H and O–H groups in total. The number of hydrogen-bond donors (Lipinski definition) is 1. The van der Waals surface area contributed by atoms with Crippen molar-refractivity contribution >= 4 is 14.0 Å². The highest BCUT2D eigenvalue weighted by Crippen LogP contribution is 2.67. The van der Waals surface area contributed by atoms with Crippen LogP contribution in [-0.2, 0) is 23.1 Å². The molecule has 8 nitrogen and oxygen atoms in total. The average Bonchev–Trinajstić information content (AvgIpc) is 3.32. The van der Waals surface area contributed by atoms with Gasteiger partial charge in [0.15, 0.2) is 0 Å². The molecular formula is C37H67NO7P+. The third kappa shape index (κ3) is 9.00. The number of hydrogen-bond acceptors (Lipinski definition) is 6. The van der Waals surface area contributed by atoms with E-state index in [1.165, 1.54) is 50.5 Å². The summed E-state index contributed by atoms with van der Waals surface area (Å²) in [4.78, 5) is 22.3. The minimum Gasteiger partial charge on any atom is -0.432 e. The summed E-state index contributed by atoms with van der Waals surface area (Å²) in [7, 11) is 1.71. The van der Waals surface area contributed by atoms with Gasteiger partial charge in [0.05, 0.1) is 27.7 Å². The minimum absolute atomic E-state index is 0.0932. The van der Waals surface area contributed by atoms with Gasteiger partial charge in [-0.1, -0.05) is 66.0 Å². The number of rotatable bonds is 15. The lowest BCUT2D eigenvalue weighted by Crippen LogP contribution is -2.51. The van der Waals surface area contributed by atoms with E-state index >= 15 is 0 Å². The first-order valence-electron chi connectivity index (χ1n) is 18.4. The molecule has 4 aliphatic carbocycles. The van der Waals surface area contributed by atoms with Gasteiger partial charge in [0.25, 0.3) is 0 Å². The first-order valence-corrected chi connectivity index (χ1v) is 19.9. The van der Waals surface area contributed by atoms with Crippen molar-refractivity contribution < 1.29 is 37.3 Å². The van der Waals surface area contributed by atoms with E-state index in [1.807, 2.05) is 21.1 Å². The van der Waals surface area contributed by atoms with Gasteiger partial charge in [-0.05, 0) is 104 Å². The Bertz CT molecular complexity index is 1100. The molecule has 0 saturated heterocycles. The highest BCUT2D eigenvalue weighted by molar-refractivity contribution is 7.47. The van der Waals surface area contributed by atoms with Gasteiger partial charge in [-0.3, -0.25) is 9.05 Å². The van der Waals surface area contributed by atoms with Crippen molar-refractivity contribution in [2.45, 2.75) is 118 Å². The smallest absolute Gasteiger partial charge is 0.432 e.